The third-order valence-corrected chi connectivity index (χ3v) is 3.74. The smallest absolute Gasteiger partial charge is 0.251 e. The van der Waals surface area contributed by atoms with E-state index in [1.807, 2.05) is 18.2 Å². The highest BCUT2D eigenvalue weighted by molar-refractivity contribution is 6.31. The van der Waals surface area contributed by atoms with E-state index in [9.17, 15) is 9.18 Å². The van der Waals surface area contributed by atoms with Crippen LogP contribution in [0.5, 0.6) is 5.75 Å². The highest BCUT2D eigenvalue weighted by atomic mass is 35.5. The second-order valence-electron chi connectivity index (χ2n) is 4.81. The van der Waals surface area contributed by atoms with Crippen molar-refractivity contribution in [2.24, 2.45) is 0 Å². The molecule has 0 saturated carbocycles. The lowest BCUT2D eigenvalue weighted by molar-refractivity contribution is 0.0828. The lowest BCUT2D eigenvalue weighted by atomic mass is 10.1. The van der Waals surface area contributed by atoms with Gasteiger partial charge in [-0.2, -0.15) is 0 Å². The Kier molecular flexibility index (Phi) is 5.96. The Balaban J connectivity index is 2.05. The maximum absolute atomic E-state index is 13.6. The summed E-state index contributed by atoms with van der Waals surface area (Å²) in [6.07, 6.45) is -0.393. The van der Waals surface area contributed by atoms with Crippen LogP contribution in [-0.4, -0.2) is 26.7 Å². The van der Waals surface area contributed by atoms with Gasteiger partial charge in [-0.05, 0) is 24.3 Å². The van der Waals surface area contributed by atoms with Gasteiger partial charge in [0.15, 0.2) is 11.6 Å². The van der Waals surface area contributed by atoms with Gasteiger partial charge < -0.3 is 14.8 Å². The molecule has 6 heteroatoms. The first-order valence-corrected chi connectivity index (χ1v) is 7.33. The molecule has 0 bridgehead atoms. The normalized spacial score (nSPS) is 11.8. The van der Waals surface area contributed by atoms with Crippen molar-refractivity contribution >= 4 is 17.5 Å². The Morgan fingerprint density at radius 3 is 2.61 bits per heavy atom. The van der Waals surface area contributed by atoms with Crippen LogP contribution in [0.4, 0.5) is 4.39 Å². The van der Waals surface area contributed by atoms with E-state index in [1.54, 1.807) is 6.07 Å². The first-order valence-electron chi connectivity index (χ1n) is 6.95. The molecule has 0 aliphatic carbocycles. The van der Waals surface area contributed by atoms with Crippen molar-refractivity contribution in [1.29, 1.82) is 0 Å². The Morgan fingerprint density at radius 2 is 2.00 bits per heavy atom. The first-order chi connectivity index (χ1) is 11.1. The van der Waals surface area contributed by atoms with Gasteiger partial charge in [0.05, 0.1) is 7.11 Å². The molecule has 2 aromatic carbocycles. The maximum atomic E-state index is 13.6. The molecular weight excluding hydrogens is 321 g/mol. The molecule has 0 fully saturated rings. The third kappa shape index (κ3) is 4.21. The van der Waals surface area contributed by atoms with Crippen LogP contribution in [0.3, 0.4) is 0 Å². The Hall–Kier alpha value is -2.11. The largest absolute Gasteiger partial charge is 0.494 e. The molecule has 4 nitrogen and oxygen atoms in total. The van der Waals surface area contributed by atoms with Crippen LogP contribution in [0, 0.1) is 5.82 Å². The van der Waals surface area contributed by atoms with Gasteiger partial charge in [0, 0.05) is 29.8 Å². The molecule has 23 heavy (non-hydrogen) atoms. The highest BCUT2D eigenvalue weighted by Crippen LogP contribution is 2.24. The predicted molar refractivity (Wildman–Crippen MR) is 86.5 cm³/mol. The number of benzene rings is 2. The Bertz CT molecular complexity index is 693. The fraction of sp³-hybridized carbons (Fsp3) is 0.235. The van der Waals surface area contributed by atoms with Crippen LogP contribution < -0.4 is 10.1 Å². The monoisotopic (exact) mass is 337 g/mol. The van der Waals surface area contributed by atoms with Crippen LogP contribution in [0.1, 0.15) is 22.0 Å². The minimum atomic E-state index is -0.588. The third-order valence-electron chi connectivity index (χ3n) is 3.40. The van der Waals surface area contributed by atoms with Gasteiger partial charge in [0.25, 0.3) is 5.91 Å². The summed E-state index contributed by atoms with van der Waals surface area (Å²) in [6, 6.07) is 11.3. The summed E-state index contributed by atoms with van der Waals surface area (Å²) < 4.78 is 23.8. The van der Waals surface area contributed by atoms with Crippen molar-refractivity contribution in [2.75, 3.05) is 20.8 Å². The van der Waals surface area contributed by atoms with Gasteiger partial charge in [-0.15, -0.1) is 0 Å². The average molecular weight is 338 g/mol. The van der Waals surface area contributed by atoms with Crippen LogP contribution in [0.15, 0.2) is 42.5 Å². The van der Waals surface area contributed by atoms with E-state index < -0.39 is 17.8 Å². The molecule has 0 radical (unpaired) electrons. The summed E-state index contributed by atoms with van der Waals surface area (Å²) in [4.78, 5) is 12.1. The van der Waals surface area contributed by atoms with Crippen molar-refractivity contribution < 1.29 is 18.7 Å². The van der Waals surface area contributed by atoms with Gasteiger partial charge >= 0.3 is 0 Å². The number of ether oxygens (including phenoxy) is 2. The van der Waals surface area contributed by atoms with E-state index in [4.69, 9.17) is 21.1 Å². The molecular formula is C17H17ClFNO3. The van der Waals surface area contributed by atoms with Crippen molar-refractivity contribution in [1.82, 2.24) is 5.32 Å². The number of rotatable bonds is 6. The number of methoxy groups -OCH3 is 2. The number of halogens is 2. The fourth-order valence-electron chi connectivity index (χ4n) is 2.15. The maximum Gasteiger partial charge on any atom is 0.251 e. The summed E-state index contributed by atoms with van der Waals surface area (Å²) >= 11 is 6.13. The van der Waals surface area contributed by atoms with E-state index >= 15 is 0 Å². The minimum absolute atomic E-state index is 0.0902. The molecule has 1 atom stereocenters. The van der Waals surface area contributed by atoms with Crippen LogP contribution in [0.2, 0.25) is 5.02 Å². The lowest BCUT2D eigenvalue weighted by Crippen LogP contribution is -2.29. The minimum Gasteiger partial charge on any atom is -0.494 e. The lowest BCUT2D eigenvalue weighted by Gasteiger charge is -2.18. The summed E-state index contributed by atoms with van der Waals surface area (Å²) in [7, 11) is 2.90. The van der Waals surface area contributed by atoms with Gasteiger partial charge in [-0.3, -0.25) is 4.79 Å². The number of nitrogens with one attached hydrogen (secondary N) is 1. The zero-order chi connectivity index (χ0) is 16.8. The molecule has 1 unspecified atom stereocenters. The van der Waals surface area contributed by atoms with Crippen LogP contribution in [0.25, 0.3) is 0 Å². The molecule has 2 aromatic rings. The number of carbonyl (C=O) groups excluding carboxylic acids is 1. The molecule has 0 aliphatic heterocycles. The van der Waals surface area contributed by atoms with Gasteiger partial charge in [0.1, 0.15) is 6.10 Å². The number of hydrogen-bond donors (Lipinski definition) is 1. The van der Waals surface area contributed by atoms with Crippen molar-refractivity contribution in [3.05, 3.63) is 64.4 Å². The summed E-state index contributed by atoms with van der Waals surface area (Å²) in [5.41, 5.74) is 0.982. The zero-order valence-corrected chi connectivity index (χ0v) is 13.6. The number of amides is 1. The molecule has 0 heterocycles. The SMILES string of the molecule is COc1ccc(C(=O)NCC(OC)c2ccccc2Cl)cc1F. The quantitative estimate of drug-likeness (QED) is 0.876. The topological polar surface area (TPSA) is 47.6 Å². The van der Waals surface area contributed by atoms with Crippen molar-refractivity contribution in [3.8, 4) is 5.75 Å². The van der Waals surface area contributed by atoms with Gasteiger partial charge in [-0.25, -0.2) is 4.39 Å². The molecule has 1 N–H and O–H groups in total. The summed E-state index contributed by atoms with van der Waals surface area (Å²) in [6.45, 7) is 0.215. The molecule has 0 saturated heterocycles. The standard InChI is InChI=1S/C17H17ClFNO3/c1-22-15-8-7-11(9-14(15)19)17(21)20-10-16(23-2)12-5-3-4-6-13(12)18/h3-9,16H,10H2,1-2H3,(H,20,21). The predicted octanol–water partition coefficient (Wildman–Crippen LogP) is 3.61. The zero-order valence-electron chi connectivity index (χ0n) is 12.8. The van der Waals surface area contributed by atoms with E-state index in [0.717, 1.165) is 11.6 Å². The van der Waals surface area contributed by atoms with Crippen LogP contribution >= 0.6 is 11.6 Å². The van der Waals surface area contributed by atoms with Crippen LogP contribution in [-0.2, 0) is 4.74 Å². The Labute approximate surface area is 139 Å². The van der Waals surface area contributed by atoms with Crippen molar-refractivity contribution in [3.63, 3.8) is 0 Å². The van der Waals surface area contributed by atoms with E-state index in [-0.39, 0.29) is 17.9 Å². The second kappa shape index (κ2) is 7.94. The molecule has 1 amide bonds. The fourth-order valence-corrected chi connectivity index (χ4v) is 2.41. The number of carbonyl (C=O) groups is 1. The van der Waals surface area contributed by atoms with Crippen molar-refractivity contribution in [2.45, 2.75) is 6.10 Å². The van der Waals surface area contributed by atoms with Gasteiger partial charge in [-0.1, -0.05) is 29.8 Å². The average Bonchev–Trinajstić information content (AvgIpc) is 2.56. The summed E-state index contributed by atoms with van der Waals surface area (Å²) in [5.74, 6) is -0.900. The molecule has 0 spiro atoms. The molecule has 2 rings (SSSR count). The molecule has 122 valence electrons. The van der Waals surface area contributed by atoms with E-state index in [1.165, 1.54) is 26.4 Å². The molecule has 0 aliphatic rings. The Morgan fingerprint density at radius 1 is 1.26 bits per heavy atom. The van der Waals surface area contributed by atoms with E-state index in [0.29, 0.717) is 5.02 Å². The molecule has 0 aromatic heterocycles. The summed E-state index contributed by atoms with van der Waals surface area (Å²) in [5, 5.41) is 3.27. The first kappa shape index (κ1) is 17.2. The van der Waals surface area contributed by atoms with E-state index in [2.05, 4.69) is 5.32 Å². The second-order valence-corrected chi connectivity index (χ2v) is 5.21. The highest BCUT2D eigenvalue weighted by Gasteiger charge is 2.16. The van der Waals surface area contributed by atoms with Gasteiger partial charge in [0.2, 0.25) is 0 Å². The number of hydrogen-bond acceptors (Lipinski definition) is 3.